The van der Waals surface area contributed by atoms with Crippen LogP contribution in [0.4, 0.5) is 11.4 Å². The standard InChI is InChI=1S/C18H21N3O3/c1-22-15-9-10-17(23-2)16(11-15)20-12-18(24-3)19-21(13-20)14-7-5-4-6-8-14/h4-11H,12-13H2,1-3H3. The summed E-state index contributed by atoms with van der Waals surface area (Å²) >= 11 is 0. The highest BCUT2D eigenvalue weighted by atomic mass is 16.5. The van der Waals surface area contributed by atoms with Crippen LogP contribution in [0.2, 0.25) is 0 Å². The van der Waals surface area contributed by atoms with E-state index in [0.717, 1.165) is 22.9 Å². The van der Waals surface area contributed by atoms with E-state index in [1.165, 1.54) is 0 Å². The minimum absolute atomic E-state index is 0.559. The Hall–Kier alpha value is -2.89. The first-order valence-corrected chi connectivity index (χ1v) is 7.66. The van der Waals surface area contributed by atoms with E-state index >= 15 is 0 Å². The van der Waals surface area contributed by atoms with Crippen LogP contribution in [0.5, 0.6) is 11.5 Å². The van der Waals surface area contributed by atoms with E-state index in [1.54, 1.807) is 21.3 Å². The summed E-state index contributed by atoms with van der Waals surface area (Å²) in [5.41, 5.74) is 1.93. The van der Waals surface area contributed by atoms with Crippen LogP contribution >= 0.6 is 0 Å². The topological polar surface area (TPSA) is 46.5 Å². The molecule has 0 aliphatic carbocycles. The maximum absolute atomic E-state index is 5.51. The van der Waals surface area contributed by atoms with Crippen molar-refractivity contribution in [3.8, 4) is 11.5 Å². The minimum atomic E-state index is 0.559. The fourth-order valence-corrected chi connectivity index (χ4v) is 2.62. The van der Waals surface area contributed by atoms with E-state index in [-0.39, 0.29) is 0 Å². The molecule has 0 N–H and O–H groups in total. The Morgan fingerprint density at radius 1 is 0.917 bits per heavy atom. The number of para-hydroxylation sites is 1. The van der Waals surface area contributed by atoms with E-state index in [2.05, 4.69) is 10.0 Å². The highest BCUT2D eigenvalue weighted by Gasteiger charge is 2.24. The molecule has 0 aromatic heterocycles. The van der Waals surface area contributed by atoms with Gasteiger partial charge in [0.2, 0.25) is 5.90 Å². The Morgan fingerprint density at radius 2 is 1.71 bits per heavy atom. The second-order valence-electron chi connectivity index (χ2n) is 5.31. The Bertz CT molecular complexity index is 719. The highest BCUT2D eigenvalue weighted by molar-refractivity contribution is 5.85. The average molecular weight is 327 g/mol. The molecule has 0 radical (unpaired) electrons. The normalized spacial score (nSPS) is 14.2. The fourth-order valence-electron chi connectivity index (χ4n) is 2.62. The SMILES string of the molecule is COC1=NN(c2ccccc2)CN(c2cc(OC)ccc2OC)C1. The predicted octanol–water partition coefficient (Wildman–Crippen LogP) is 2.95. The van der Waals surface area contributed by atoms with Gasteiger partial charge in [0, 0.05) is 6.07 Å². The first-order chi connectivity index (χ1) is 11.7. The third-order valence-electron chi connectivity index (χ3n) is 3.88. The monoisotopic (exact) mass is 327 g/mol. The number of methoxy groups -OCH3 is 3. The third-order valence-corrected chi connectivity index (χ3v) is 3.88. The molecule has 24 heavy (non-hydrogen) atoms. The lowest BCUT2D eigenvalue weighted by Crippen LogP contribution is -2.44. The zero-order valence-corrected chi connectivity index (χ0v) is 14.1. The fraction of sp³-hybridized carbons (Fsp3) is 0.278. The largest absolute Gasteiger partial charge is 0.497 e. The van der Waals surface area contributed by atoms with Crippen molar-refractivity contribution in [2.24, 2.45) is 5.10 Å². The maximum atomic E-state index is 5.51. The lowest BCUT2D eigenvalue weighted by Gasteiger charge is -2.35. The smallest absolute Gasteiger partial charge is 0.226 e. The summed E-state index contributed by atoms with van der Waals surface area (Å²) in [5, 5.41) is 6.46. The van der Waals surface area contributed by atoms with Crippen molar-refractivity contribution in [2.45, 2.75) is 0 Å². The van der Waals surface area contributed by atoms with Crippen molar-refractivity contribution in [2.75, 3.05) is 44.5 Å². The summed E-state index contributed by atoms with van der Waals surface area (Å²) in [6.07, 6.45) is 0. The van der Waals surface area contributed by atoms with Crippen molar-refractivity contribution >= 4 is 17.3 Å². The molecule has 1 aliphatic rings. The number of hydrazone groups is 1. The van der Waals surface area contributed by atoms with Gasteiger partial charge >= 0.3 is 0 Å². The van der Waals surface area contributed by atoms with Crippen molar-refractivity contribution in [1.82, 2.24) is 0 Å². The lowest BCUT2D eigenvalue weighted by atomic mass is 10.2. The predicted molar refractivity (Wildman–Crippen MR) is 95.1 cm³/mol. The molecule has 1 aliphatic heterocycles. The van der Waals surface area contributed by atoms with Crippen molar-refractivity contribution < 1.29 is 14.2 Å². The third kappa shape index (κ3) is 3.22. The molecule has 6 heteroatoms. The Kier molecular flexibility index (Phi) is 4.74. The second kappa shape index (κ2) is 7.12. The first kappa shape index (κ1) is 16.0. The zero-order chi connectivity index (χ0) is 16.9. The van der Waals surface area contributed by atoms with Gasteiger partial charge in [0.25, 0.3) is 0 Å². The van der Waals surface area contributed by atoms with Crippen LogP contribution in [0.3, 0.4) is 0 Å². The van der Waals surface area contributed by atoms with Gasteiger partial charge in [0.1, 0.15) is 18.2 Å². The Balaban J connectivity index is 1.96. The van der Waals surface area contributed by atoms with Gasteiger partial charge in [-0.1, -0.05) is 18.2 Å². The van der Waals surface area contributed by atoms with Gasteiger partial charge in [0.05, 0.1) is 39.2 Å². The zero-order valence-electron chi connectivity index (χ0n) is 14.1. The molecule has 0 amide bonds. The lowest BCUT2D eigenvalue weighted by molar-refractivity contribution is 0.382. The van der Waals surface area contributed by atoms with Crippen molar-refractivity contribution in [1.29, 1.82) is 0 Å². The quantitative estimate of drug-likeness (QED) is 0.864. The molecule has 0 saturated carbocycles. The summed E-state index contributed by atoms with van der Waals surface area (Å²) in [6, 6.07) is 15.7. The van der Waals surface area contributed by atoms with Gasteiger partial charge in [-0.05, 0) is 24.3 Å². The molecule has 0 saturated heterocycles. The molecule has 0 spiro atoms. The van der Waals surface area contributed by atoms with Gasteiger partial charge in [-0.15, -0.1) is 5.10 Å². The number of nitrogens with zero attached hydrogens (tertiary/aromatic N) is 3. The average Bonchev–Trinajstić information content (AvgIpc) is 2.67. The number of benzene rings is 2. The molecular formula is C18H21N3O3. The molecule has 3 rings (SSSR count). The summed E-state index contributed by atoms with van der Waals surface area (Å²) in [5.74, 6) is 2.19. The van der Waals surface area contributed by atoms with Crippen LogP contribution in [-0.2, 0) is 4.74 Å². The van der Waals surface area contributed by atoms with E-state index in [9.17, 15) is 0 Å². The number of ether oxygens (including phenoxy) is 3. The van der Waals surface area contributed by atoms with E-state index in [4.69, 9.17) is 14.2 Å². The second-order valence-corrected chi connectivity index (χ2v) is 5.31. The summed E-state index contributed by atoms with van der Waals surface area (Å²) in [6.45, 7) is 1.14. The molecule has 0 unspecified atom stereocenters. The molecule has 126 valence electrons. The highest BCUT2D eigenvalue weighted by Crippen LogP contribution is 2.34. The van der Waals surface area contributed by atoms with Gasteiger partial charge in [-0.2, -0.15) is 0 Å². The van der Waals surface area contributed by atoms with Gasteiger partial charge in [-0.25, -0.2) is 5.01 Å². The van der Waals surface area contributed by atoms with Crippen LogP contribution in [0.25, 0.3) is 0 Å². The summed E-state index contributed by atoms with van der Waals surface area (Å²) in [7, 11) is 4.95. The number of rotatable bonds is 4. The molecule has 6 nitrogen and oxygen atoms in total. The van der Waals surface area contributed by atoms with Crippen LogP contribution in [0, 0.1) is 0 Å². The number of hydrogen-bond donors (Lipinski definition) is 0. The maximum Gasteiger partial charge on any atom is 0.226 e. The van der Waals surface area contributed by atoms with Crippen LogP contribution < -0.4 is 19.4 Å². The molecule has 2 aromatic rings. The van der Waals surface area contributed by atoms with E-state index in [0.29, 0.717) is 19.1 Å². The van der Waals surface area contributed by atoms with E-state index < -0.39 is 0 Å². The summed E-state index contributed by atoms with van der Waals surface area (Å²) < 4.78 is 16.3. The first-order valence-electron chi connectivity index (χ1n) is 7.66. The van der Waals surface area contributed by atoms with Gasteiger partial charge in [-0.3, -0.25) is 0 Å². The molecule has 0 fully saturated rings. The number of anilines is 2. The van der Waals surface area contributed by atoms with E-state index in [1.807, 2.05) is 53.5 Å². The Labute approximate surface area is 141 Å². The van der Waals surface area contributed by atoms with Gasteiger partial charge in [0.15, 0.2) is 0 Å². The van der Waals surface area contributed by atoms with Crippen molar-refractivity contribution in [3.05, 3.63) is 48.5 Å². The molecular weight excluding hydrogens is 306 g/mol. The molecule has 0 atom stereocenters. The molecule has 1 heterocycles. The van der Waals surface area contributed by atoms with Crippen LogP contribution in [0.1, 0.15) is 0 Å². The van der Waals surface area contributed by atoms with Crippen LogP contribution in [0.15, 0.2) is 53.6 Å². The Morgan fingerprint density at radius 3 is 2.38 bits per heavy atom. The number of hydrogen-bond acceptors (Lipinski definition) is 6. The van der Waals surface area contributed by atoms with Crippen LogP contribution in [-0.4, -0.2) is 40.4 Å². The summed E-state index contributed by atoms with van der Waals surface area (Å²) in [4.78, 5) is 2.14. The van der Waals surface area contributed by atoms with Crippen molar-refractivity contribution in [3.63, 3.8) is 0 Å². The molecule has 2 aromatic carbocycles. The minimum Gasteiger partial charge on any atom is -0.497 e. The molecule has 0 bridgehead atoms. The van der Waals surface area contributed by atoms with Gasteiger partial charge < -0.3 is 19.1 Å².